The number of nitrogens with one attached hydrogen (secondary N) is 3. The Morgan fingerprint density at radius 2 is 1.65 bits per heavy atom. The van der Waals surface area contributed by atoms with Crippen LogP contribution in [0.1, 0.15) is 58.2 Å². The summed E-state index contributed by atoms with van der Waals surface area (Å²) in [7, 11) is 2.80. The van der Waals surface area contributed by atoms with Crippen molar-refractivity contribution >= 4 is 40.3 Å². The molecule has 1 aliphatic rings. The molecule has 0 saturated carbocycles. The van der Waals surface area contributed by atoms with Crippen LogP contribution >= 0.6 is 0 Å². The molecule has 2 heterocycles. The minimum absolute atomic E-state index is 0.0861. The van der Waals surface area contributed by atoms with Crippen LogP contribution in [0.2, 0.25) is 0 Å². The fourth-order valence-electron chi connectivity index (χ4n) is 6.13. The maximum absolute atomic E-state index is 14.4. The van der Waals surface area contributed by atoms with Crippen molar-refractivity contribution in [3.8, 4) is 0 Å². The van der Waals surface area contributed by atoms with Crippen LogP contribution in [0.15, 0.2) is 66.4 Å². The molecule has 0 aliphatic carbocycles. The molecule has 13 nitrogen and oxygen atoms in total. The van der Waals surface area contributed by atoms with E-state index < -0.39 is 59.0 Å². The number of methoxy groups -OCH3 is 1. The predicted molar refractivity (Wildman–Crippen MR) is 183 cm³/mol. The fraction of sp³-hybridized carbons (Fsp3) is 0.444. The van der Waals surface area contributed by atoms with Crippen LogP contribution in [0.5, 0.6) is 0 Å². The monoisotopic (exact) mass is 675 g/mol. The van der Waals surface area contributed by atoms with Gasteiger partial charge in [0.15, 0.2) is 6.10 Å². The number of carbonyl (C=O) groups excluding carboxylic acids is 4. The molecular weight excluding hydrogens is 630 g/mol. The zero-order chi connectivity index (χ0) is 36.0. The molecule has 1 aromatic heterocycles. The first-order valence-electron chi connectivity index (χ1n) is 16.3. The molecule has 1 aliphatic heterocycles. The van der Waals surface area contributed by atoms with Gasteiger partial charge < -0.3 is 30.0 Å². The highest BCUT2D eigenvalue weighted by Crippen LogP contribution is 2.27. The lowest BCUT2D eigenvalue weighted by Gasteiger charge is -2.33. The quantitative estimate of drug-likeness (QED) is 0.155. The van der Waals surface area contributed by atoms with Gasteiger partial charge in [0.25, 0.3) is 5.69 Å². The van der Waals surface area contributed by atoms with Gasteiger partial charge in [0.2, 0.25) is 17.7 Å². The third-order valence-electron chi connectivity index (χ3n) is 9.15. The highest BCUT2D eigenvalue weighted by atomic mass is 16.6. The van der Waals surface area contributed by atoms with Crippen LogP contribution in [-0.4, -0.2) is 76.9 Å². The Kier molecular flexibility index (Phi) is 11.9. The lowest BCUT2D eigenvalue weighted by Crippen LogP contribution is -2.56. The molecule has 3 N–H and O–H groups in total. The summed E-state index contributed by atoms with van der Waals surface area (Å²) in [6, 6.07) is 9.76. The van der Waals surface area contributed by atoms with Crippen molar-refractivity contribution in [3.05, 3.63) is 87.6 Å². The van der Waals surface area contributed by atoms with E-state index in [1.165, 1.54) is 43.3 Å². The van der Waals surface area contributed by atoms with E-state index in [9.17, 15) is 29.3 Å². The molecular formula is C36H45N5O8. The molecule has 4 rings (SSSR count). The Hall–Kier alpha value is -5.04. The highest BCUT2D eigenvalue weighted by molar-refractivity contribution is 5.93. The van der Waals surface area contributed by atoms with Gasteiger partial charge in [-0.15, -0.1) is 0 Å². The summed E-state index contributed by atoms with van der Waals surface area (Å²) < 4.78 is 11.5. The first kappa shape index (κ1) is 36.8. The summed E-state index contributed by atoms with van der Waals surface area (Å²) in [5, 5.41) is 18.0. The highest BCUT2D eigenvalue weighted by Gasteiger charge is 2.38. The molecule has 0 saturated heterocycles. The number of cyclic esters (lactones) is 1. The van der Waals surface area contributed by atoms with Crippen LogP contribution in [0.3, 0.4) is 0 Å². The van der Waals surface area contributed by atoms with E-state index in [1.807, 2.05) is 44.2 Å². The molecule has 0 spiro atoms. The second kappa shape index (κ2) is 15.9. The minimum Gasteiger partial charge on any atom is -0.460 e. The minimum atomic E-state index is -1.35. The van der Waals surface area contributed by atoms with E-state index in [1.54, 1.807) is 27.0 Å². The Bertz CT molecular complexity index is 1720. The van der Waals surface area contributed by atoms with E-state index in [0.29, 0.717) is 12.0 Å². The molecule has 3 aromatic rings. The van der Waals surface area contributed by atoms with E-state index in [0.717, 1.165) is 22.0 Å². The fourth-order valence-corrected chi connectivity index (χ4v) is 6.13. The molecule has 2 aromatic carbocycles. The van der Waals surface area contributed by atoms with Gasteiger partial charge in [-0.25, -0.2) is 4.79 Å². The van der Waals surface area contributed by atoms with Gasteiger partial charge >= 0.3 is 5.97 Å². The molecule has 7 atom stereocenters. The SMILES string of the molecule is COC1C(=O)O[C@H](C)[C@H](C)/C=C(\C)C[C@H](C)C(=O)N[C@@H](C)C(=O)N(C)C(Cc2c[nH]c3ccccc23)C(=O)N[C@H]1c1ccc([N+](=O)[O-])cc1. The Morgan fingerprint density at radius 1 is 0.980 bits per heavy atom. The third kappa shape index (κ3) is 8.71. The normalized spacial score (nSPS) is 27.7. The number of non-ortho nitro benzene ring substituents is 1. The smallest absolute Gasteiger partial charge is 0.338 e. The topological polar surface area (TPSA) is 173 Å². The number of carbonyl (C=O) groups is 4. The van der Waals surface area contributed by atoms with Gasteiger partial charge in [-0.3, -0.25) is 24.5 Å². The van der Waals surface area contributed by atoms with Gasteiger partial charge in [-0.05, 0) is 44.4 Å². The molecule has 2 unspecified atom stereocenters. The molecule has 3 amide bonds. The number of fused-ring (bicyclic) bond motifs is 1. The van der Waals surface area contributed by atoms with Crippen LogP contribution in [0.25, 0.3) is 10.9 Å². The number of aromatic amines is 1. The summed E-state index contributed by atoms with van der Waals surface area (Å²) in [5.74, 6) is -2.87. The number of aromatic nitrogens is 1. The molecule has 0 fully saturated rings. The van der Waals surface area contributed by atoms with Gasteiger partial charge in [0.05, 0.1) is 11.0 Å². The van der Waals surface area contributed by atoms with Crippen LogP contribution in [-0.2, 0) is 35.1 Å². The van der Waals surface area contributed by atoms with E-state index >= 15 is 0 Å². The average Bonchev–Trinajstić information content (AvgIpc) is 3.48. The van der Waals surface area contributed by atoms with Crippen molar-refractivity contribution in [1.29, 1.82) is 0 Å². The van der Waals surface area contributed by atoms with Crippen molar-refractivity contribution in [2.24, 2.45) is 11.8 Å². The number of allylic oxidation sites excluding steroid dienone is 1. The van der Waals surface area contributed by atoms with Gasteiger partial charge in [0, 0.05) is 61.6 Å². The lowest BCUT2D eigenvalue weighted by molar-refractivity contribution is -0.384. The molecule has 0 radical (unpaired) electrons. The third-order valence-corrected chi connectivity index (χ3v) is 9.15. The Labute approximate surface area is 285 Å². The van der Waals surface area contributed by atoms with Crippen molar-refractivity contribution in [2.45, 2.75) is 77.8 Å². The number of rotatable bonds is 5. The zero-order valence-corrected chi connectivity index (χ0v) is 28.9. The van der Waals surface area contributed by atoms with Crippen LogP contribution < -0.4 is 10.6 Å². The summed E-state index contributed by atoms with van der Waals surface area (Å²) in [6.07, 6.45) is 2.26. The number of nitro groups is 1. The van der Waals surface area contributed by atoms with Crippen LogP contribution in [0.4, 0.5) is 5.69 Å². The number of likely N-dealkylation sites (N-methyl/N-ethyl adjacent to an activating group) is 1. The number of para-hydroxylation sites is 1. The van der Waals surface area contributed by atoms with E-state index in [-0.39, 0.29) is 23.9 Å². The van der Waals surface area contributed by atoms with Crippen LogP contribution in [0, 0.1) is 22.0 Å². The average molecular weight is 676 g/mol. The molecule has 0 bridgehead atoms. The van der Waals surface area contributed by atoms with Crippen molar-refractivity contribution in [2.75, 3.05) is 14.2 Å². The Morgan fingerprint density at radius 3 is 2.31 bits per heavy atom. The number of amides is 3. The number of esters is 1. The van der Waals surface area contributed by atoms with Crippen molar-refractivity contribution in [3.63, 3.8) is 0 Å². The van der Waals surface area contributed by atoms with Gasteiger partial charge in [0.1, 0.15) is 18.2 Å². The number of hydrogen-bond acceptors (Lipinski definition) is 8. The first-order valence-corrected chi connectivity index (χ1v) is 16.3. The second-order valence-electron chi connectivity index (χ2n) is 12.9. The second-order valence-corrected chi connectivity index (χ2v) is 12.9. The molecule has 262 valence electrons. The Balaban J connectivity index is 1.81. The predicted octanol–water partition coefficient (Wildman–Crippen LogP) is 4.38. The largest absolute Gasteiger partial charge is 0.460 e. The maximum Gasteiger partial charge on any atom is 0.338 e. The summed E-state index contributed by atoms with van der Waals surface area (Å²) in [4.78, 5) is 70.5. The number of benzene rings is 2. The van der Waals surface area contributed by atoms with E-state index in [4.69, 9.17) is 9.47 Å². The number of ether oxygens (including phenoxy) is 2. The zero-order valence-electron chi connectivity index (χ0n) is 28.9. The number of nitro benzene ring substituents is 1. The molecule has 13 heteroatoms. The standard InChI is InChI=1S/C36H45N5O8/c1-20-16-21(2)24(5)49-36(45)32(48-7)31(25-12-14-27(15-13-25)41(46)47)39-34(43)30(18-26-19-37-29-11-9-8-10-28(26)29)40(6)35(44)23(4)38-33(42)22(3)17-20/h8-16,19,21-24,30-32,37H,17-18H2,1-7H3,(H,38,42)(H,39,43)/b20-16+/t21-,22+,23+,24-,30?,31+,32?/m1/s1. The number of nitrogens with zero attached hydrogens (tertiary/aromatic N) is 2. The first-order chi connectivity index (χ1) is 23.2. The van der Waals surface area contributed by atoms with E-state index in [2.05, 4.69) is 15.6 Å². The molecule has 49 heavy (non-hydrogen) atoms. The van der Waals surface area contributed by atoms with Crippen molar-refractivity contribution in [1.82, 2.24) is 20.5 Å². The lowest BCUT2D eigenvalue weighted by atomic mass is 9.95. The summed E-state index contributed by atoms with van der Waals surface area (Å²) >= 11 is 0. The van der Waals surface area contributed by atoms with Gasteiger partial charge in [-0.2, -0.15) is 0 Å². The summed E-state index contributed by atoms with van der Waals surface area (Å²) in [5.41, 5.74) is 2.70. The van der Waals surface area contributed by atoms with Gasteiger partial charge in [-0.1, -0.05) is 55.8 Å². The number of H-pyrrole nitrogens is 1. The van der Waals surface area contributed by atoms with Crippen molar-refractivity contribution < 1.29 is 33.6 Å². The summed E-state index contributed by atoms with van der Waals surface area (Å²) in [6.45, 7) is 8.86. The number of hydrogen-bond donors (Lipinski definition) is 3. The maximum atomic E-state index is 14.4.